The first kappa shape index (κ1) is 14.5. The quantitative estimate of drug-likeness (QED) is 0.878. The SMILES string of the molecule is COCCc1ccc(Oc2cc([C@H](C)O)ccn2)cc1. The van der Waals surface area contributed by atoms with Crippen molar-refractivity contribution in [3.8, 4) is 11.6 Å². The molecule has 0 aliphatic rings. The molecule has 1 aromatic heterocycles. The Balaban J connectivity index is 2.04. The summed E-state index contributed by atoms with van der Waals surface area (Å²) in [5, 5.41) is 9.54. The van der Waals surface area contributed by atoms with Crippen molar-refractivity contribution in [1.29, 1.82) is 0 Å². The Kier molecular flexibility index (Phi) is 5.09. The van der Waals surface area contributed by atoms with Gasteiger partial charge >= 0.3 is 0 Å². The molecule has 2 rings (SSSR count). The smallest absolute Gasteiger partial charge is 0.219 e. The summed E-state index contributed by atoms with van der Waals surface area (Å²) >= 11 is 0. The molecule has 0 radical (unpaired) electrons. The van der Waals surface area contributed by atoms with Crippen LogP contribution in [0.25, 0.3) is 0 Å². The molecule has 106 valence electrons. The number of benzene rings is 1. The Labute approximate surface area is 119 Å². The van der Waals surface area contributed by atoms with Gasteiger partial charge in [0, 0.05) is 19.4 Å². The first-order valence-electron chi connectivity index (χ1n) is 6.59. The van der Waals surface area contributed by atoms with Crippen LogP contribution in [0.4, 0.5) is 0 Å². The predicted molar refractivity (Wildman–Crippen MR) is 77.0 cm³/mol. The molecule has 1 N–H and O–H groups in total. The van der Waals surface area contributed by atoms with E-state index in [1.54, 1.807) is 32.4 Å². The molecule has 4 nitrogen and oxygen atoms in total. The van der Waals surface area contributed by atoms with E-state index in [0.29, 0.717) is 12.5 Å². The van der Waals surface area contributed by atoms with Gasteiger partial charge in [-0.05, 0) is 42.7 Å². The van der Waals surface area contributed by atoms with E-state index in [1.165, 1.54) is 5.56 Å². The van der Waals surface area contributed by atoms with Gasteiger partial charge in [-0.1, -0.05) is 12.1 Å². The number of hydrogen-bond donors (Lipinski definition) is 1. The van der Waals surface area contributed by atoms with Crippen LogP contribution in [0, 0.1) is 0 Å². The number of pyridine rings is 1. The lowest BCUT2D eigenvalue weighted by Gasteiger charge is -2.08. The highest BCUT2D eigenvalue weighted by molar-refractivity contribution is 5.32. The molecule has 0 unspecified atom stereocenters. The van der Waals surface area contributed by atoms with E-state index in [0.717, 1.165) is 17.7 Å². The van der Waals surface area contributed by atoms with Crippen LogP contribution in [0.1, 0.15) is 24.2 Å². The highest BCUT2D eigenvalue weighted by Crippen LogP contribution is 2.22. The van der Waals surface area contributed by atoms with E-state index in [1.807, 2.05) is 24.3 Å². The second-order valence-electron chi connectivity index (χ2n) is 4.59. The molecule has 20 heavy (non-hydrogen) atoms. The number of aliphatic hydroxyl groups is 1. The van der Waals surface area contributed by atoms with E-state index >= 15 is 0 Å². The van der Waals surface area contributed by atoms with E-state index in [4.69, 9.17) is 9.47 Å². The van der Waals surface area contributed by atoms with Crippen LogP contribution in [0.5, 0.6) is 11.6 Å². The molecule has 0 fully saturated rings. The molecule has 0 saturated carbocycles. The van der Waals surface area contributed by atoms with E-state index in [9.17, 15) is 5.11 Å². The summed E-state index contributed by atoms with van der Waals surface area (Å²) < 4.78 is 10.7. The number of nitrogens with zero attached hydrogens (tertiary/aromatic N) is 1. The zero-order valence-electron chi connectivity index (χ0n) is 11.7. The third kappa shape index (κ3) is 4.05. The van der Waals surface area contributed by atoms with Gasteiger partial charge in [0.15, 0.2) is 0 Å². The van der Waals surface area contributed by atoms with Gasteiger partial charge in [0.05, 0.1) is 12.7 Å². The lowest BCUT2D eigenvalue weighted by Crippen LogP contribution is -1.95. The molecule has 0 aliphatic heterocycles. The van der Waals surface area contributed by atoms with Gasteiger partial charge in [0.25, 0.3) is 0 Å². The lowest BCUT2D eigenvalue weighted by atomic mass is 10.1. The van der Waals surface area contributed by atoms with E-state index in [2.05, 4.69) is 4.98 Å². The molecule has 1 heterocycles. The maximum absolute atomic E-state index is 9.54. The monoisotopic (exact) mass is 273 g/mol. The summed E-state index contributed by atoms with van der Waals surface area (Å²) in [7, 11) is 1.69. The minimum Gasteiger partial charge on any atom is -0.439 e. The van der Waals surface area contributed by atoms with Gasteiger partial charge < -0.3 is 14.6 Å². The Hall–Kier alpha value is -1.91. The molecule has 0 amide bonds. The molecular weight excluding hydrogens is 254 g/mol. The van der Waals surface area contributed by atoms with E-state index in [-0.39, 0.29) is 0 Å². The second-order valence-corrected chi connectivity index (χ2v) is 4.59. The maximum atomic E-state index is 9.54. The van der Waals surface area contributed by atoms with Crippen molar-refractivity contribution in [1.82, 2.24) is 4.98 Å². The fourth-order valence-corrected chi connectivity index (χ4v) is 1.81. The van der Waals surface area contributed by atoms with Gasteiger partial charge in [0.1, 0.15) is 5.75 Å². The van der Waals surface area contributed by atoms with Crippen molar-refractivity contribution >= 4 is 0 Å². The van der Waals surface area contributed by atoms with Crippen molar-refractivity contribution in [2.45, 2.75) is 19.4 Å². The Morgan fingerprint density at radius 2 is 1.95 bits per heavy atom. The van der Waals surface area contributed by atoms with Crippen LogP contribution in [-0.4, -0.2) is 23.8 Å². The van der Waals surface area contributed by atoms with Crippen LogP contribution in [-0.2, 0) is 11.2 Å². The average Bonchev–Trinajstić information content (AvgIpc) is 2.47. The Bertz CT molecular complexity index is 538. The molecular formula is C16H19NO3. The first-order valence-corrected chi connectivity index (χ1v) is 6.59. The first-order chi connectivity index (χ1) is 9.69. The topological polar surface area (TPSA) is 51.6 Å². The predicted octanol–water partition coefficient (Wildman–Crippen LogP) is 3.12. The number of aromatic nitrogens is 1. The molecule has 1 atom stereocenters. The summed E-state index contributed by atoms with van der Waals surface area (Å²) in [5.74, 6) is 1.20. The number of rotatable bonds is 6. The van der Waals surface area contributed by atoms with Crippen molar-refractivity contribution in [3.05, 3.63) is 53.7 Å². The molecule has 0 saturated heterocycles. The highest BCUT2D eigenvalue weighted by atomic mass is 16.5. The maximum Gasteiger partial charge on any atom is 0.219 e. The molecule has 1 aromatic carbocycles. The molecule has 4 heteroatoms. The number of ether oxygens (including phenoxy) is 2. The minimum absolute atomic E-state index is 0.480. The second kappa shape index (κ2) is 7.03. The summed E-state index contributed by atoms with van der Waals surface area (Å²) in [5.41, 5.74) is 1.98. The van der Waals surface area contributed by atoms with Crippen molar-refractivity contribution in [2.75, 3.05) is 13.7 Å². The standard InChI is InChI=1S/C16H19NO3/c1-12(18)14-7-9-17-16(11-14)20-15-5-3-13(4-6-15)8-10-19-2/h3-7,9,11-12,18H,8,10H2,1-2H3/t12-/m0/s1. The highest BCUT2D eigenvalue weighted by Gasteiger charge is 2.04. The Morgan fingerprint density at radius 3 is 2.60 bits per heavy atom. The van der Waals surface area contributed by atoms with Crippen LogP contribution < -0.4 is 4.74 Å². The summed E-state index contributed by atoms with van der Waals surface area (Å²) in [6, 6.07) is 11.3. The normalized spacial score (nSPS) is 12.2. The number of hydrogen-bond acceptors (Lipinski definition) is 4. The zero-order valence-corrected chi connectivity index (χ0v) is 11.7. The van der Waals surface area contributed by atoms with Crippen molar-refractivity contribution in [2.24, 2.45) is 0 Å². The van der Waals surface area contributed by atoms with Crippen LogP contribution in [0.2, 0.25) is 0 Å². The van der Waals surface area contributed by atoms with Crippen molar-refractivity contribution < 1.29 is 14.6 Å². The Morgan fingerprint density at radius 1 is 1.20 bits per heavy atom. The summed E-state index contributed by atoms with van der Waals surface area (Å²) in [6.07, 6.45) is 1.98. The largest absolute Gasteiger partial charge is 0.439 e. The number of methoxy groups -OCH3 is 1. The number of aliphatic hydroxyl groups excluding tert-OH is 1. The van der Waals surface area contributed by atoms with Gasteiger partial charge in [-0.3, -0.25) is 0 Å². The molecule has 0 spiro atoms. The molecule has 0 aliphatic carbocycles. The zero-order chi connectivity index (χ0) is 14.4. The van der Waals surface area contributed by atoms with Crippen LogP contribution >= 0.6 is 0 Å². The lowest BCUT2D eigenvalue weighted by molar-refractivity contribution is 0.198. The third-order valence-electron chi connectivity index (χ3n) is 2.98. The van der Waals surface area contributed by atoms with Gasteiger partial charge in [-0.2, -0.15) is 0 Å². The van der Waals surface area contributed by atoms with Gasteiger partial charge in [-0.15, -0.1) is 0 Å². The van der Waals surface area contributed by atoms with E-state index < -0.39 is 6.10 Å². The van der Waals surface area contributed by atoms with Crippen LogP contribution in [0.15, 0.2) is 42.6 Å². The van der Waals surface area contributed by atoms with Gasteiger partial charge in [-0.25, -0.2) is 4.98 Å². The summed E-state index contributed by atoms with van der Waals surface area (Å²) in [4.78, 5) is 4.14. The summed E-state index contributed by atoms with van der Waals surface area (Å²) in [6.45, 7) is 2.42. The fraction of sp³-hybridized carbons (Fsp3) is 0.312. The minimum atomic E-state index is -0.531. The van der Waals surface area contributed by atoms with Crippen molar-refractivity contribution in [3.63, 3.8) is 0 Å². The molecule has 0 bridgehead atoms. The molecule has 2 aromatic rings. The fourth-order valence-electron chi connectivity index (χ4n) is 1.81. The van der Waals surface area contributed by atoms with Crippen LogP contribution in [0.3, 0.4) is 0 Å². The average molecular weight is 273 g/mol. The third-order valence-corrected chi connectivity index (χ3v) is 2.98. The van der Waals surface area contributed by atoms with Gasteiger partial charge in [0.2, 0.25) is 5.88 Å².